The lowest BCUT2D eigenvalue weighted by Crippen LogP contribution is -2.38. The maximum Gasteiger partial charge on any atom is 0.275 e. The Kier molecular flexibility index (Phi) is 4.62. The van der Waals surface area contributed by atoms with E-state index in [0.29, 0.717) is 24.1 Å². The van der Waals surface area contributed by atoms with E-state index in [1.165, 1.54) is 48.0 Å². The van der Waals surface area contributed by atoms with Crippen LogP contribution in [0.3, 0.4) is 0 Å². The van der Waals surface area contributed by atoms with Gasteiger partial charge in [-0.2, -0.15) is 9.61 Å². The Balaban J connectivity index is 1.81. The largest absolute Gasteiger partial charge is 0.395 e. The Labute approximate surface area is 127 Å². The van der Waals surface area contributed by atoms with Crippen molar-refractivity contribution in [2.45, 2.75) is 44.7 Å². The third kappa shape index (κ3) is 3.30. The van der Waals surface area contributed by atoms with Gasteiger partial charge in [-0.3, -0.25) is 9.69 Å². The first-order valence-corrected chi connectivity index (χ1v) is 8.33. The average Bonchev–Trinajstić information content (AvgIpc) is 2.97. The SMILES string of the molecule is O=c1cc(CN(CCO)C2CCCCC2)nc2scnn12. The van der Waals surface area contributed by atoms with Crippen molar-refractivity contribution in [2.75, 3.05) is 13.2 Å². The highest BCUT2D eigenvalue weighted by Gasteiger charge is 2.21. The molecule has 1 aliphatic rings. The van der Waals surface area contributed by atoms with E-state index in [4.69, 9.17) is 0 Å². The number of aliphatic hydroxyl groups is 1. The molecule has 0 aromatic carbocycles. The first-order valence-electron chi connectivity index (χ1n) is 7.45. The van der Waals surface area contributed by atoms with Crippen LogP contribution in [0, 0.1) is 0 Å². The molecule has 1 fully saturated rings. The minimum atomic E-state index is -0.135. The fourth-order valence-electron chi connectivity index (χ4n) is 3.06. The van der Waals surface area contributed by atoms with Crippen molar-refractivity contribution in [3.63, 3.8) is 0 Å². The molecule has 0 aliphatic heterocycles. The minimum absolute atomic E-state index is 0.135. The van der Waals surface area contributed by atoms with Crippen molar-refractivity contribution in [3.8, 4) is 0 Å². The second-order valence-electron chi connectivity index (χ2n) is 5.50. The molecular weight excluding hydrogens is 288 g/mol. The Morgan fingerprint density at radius 1 is 1.38 bits per heavy atom. The molecule has 0 saturated heterocycles. The predicted molar refractivity (Wildman–Crippen MR) is 81.5 cm³/mol. The van der Waals surface area contributed by atoms with Gasteiger partial charge in [0.05, 0.1) is 12.3 Å². The van der Waals surface area contributed by atoms with Crippen LogP contribution in [0.4, 0.5) is 0 Å². The van der Waals surface area contributed by atoms with Gasteiger partial charge in [-0.05, 0) is 12.8 Å². The topological polar surface area (TPSA) is 70.7 Å². The summed E-state index contributed by atoms with van der Waals surface area (Å²) in [5, 5.41) is 13.3. The highest BCUT2D eigenvalue weighted by atomic mass is 32.1. The lowest BCUT2D eigenvalue weighted by atomic mass is 9.94. The van der Waals surface area contributed by atoms with Crippen LogP contribution in [0.15, 0.2) is 16.4 Å². The van der Waals surface area contributed by atoms with E-state index in [1.807, 2.05) is 0 Å². The Bertz CT molecular complexity index is 648. The lowest BCUT2D eigenvalue weighted by Gasteiger charge is -2.33. The Morgan fingerprint density at radius 2 is 2.19 bits per heavy atom. The summed E-state index contributed by atoms with van der Waals surface area (Å²) in [5.41, 5.74) is 2.26. The van der Waals surface area contributed by atoms with Crippen LogP contribution in [0.25, 0.3) is 4.96 Å². The molecule has 114 valence electrons. The number of nitrogens with zero attached hydrogens (tertiary/aromatic N) is 4. The molecule has 0 unspecified atom stereocenters. The zero-order valence-corrected chi connectivity index (χ0v) is 12.8. The van der Waals surface area contributed by atoms with Gasteiger partial charge in [-0.15, -0.1) is 0 Å². The Morgan fingerprint density at radius 3 is 2.95 bits per heavy atom. The van der Waals surface area contributed by atoms with Crippen molar-refractivity contribution >= 4 is 16.3 Å². The van der Waals surface area contributed by atoms with Crippen LogP contribution in [-0.2, 0) is 6.54 Å². The number of rotatable bonds is 5. The highest BCUT2D eigenvalue weighted by Crippen LogP contribution is 2.23. The van der Waals surface area contributed by atoms with Crippen LogP contribution in [-0.4, -0.2) is 43.8 Å². The molecule has 0 radical (unpaired) electrons. The maximum atomic E-state index is 12.0. The molecule has 1 N–H and O–H groups in total. The third-order valence-electron chi connectivity index (χ3n) is 4.08. The summed E-state index contributed by atoms with van der Waals surface area (Å²) in [6.07, 6.45) is 6.13. The molecule has 3 rings (SSSR count). The van der Waals surface area contributed by atoms with Gasteiger partial charge in [0.1, 0.15) is 5.51 Å². The first-order chi connectivity index (χ1) is 10.3. The van der Waals surface area contributed by atoms with Crippen molar-refractivity contribution < 1.29 is 5.11 Å². The summed E-state index contributed by atoms with van der Waals surface area (Å²) >= 11 is 1.36. The van der Waals surface area contributed by atoms with Gasteiger partial charge in [0.25, 0.3) is 5.56 Å². The zero-order chi connectivity index (χ0) is 14.7. The molecule has 2 aromatic rings. The molecule has 21 heavy (non-hydrogen) atoms. The molecule has 2 aromatic heterocycles. The van der Waals surface area contributed by atoms with Crippen LogP contribution < -0.4 is 5.56 Å². The minimum Gasteiger partial charge on any atom is -0.395 e. The molecule has 0 atom stereocenters. The van der Waals surface area contributed by atoms with Crippen LogP contribution in [0.2, 0.25) is 0 Å². The van der Waals surface area contributed by atoms with Crippen molar-refractivity contribution in [3.05, 3.63) is 27.6 Å². The number of fused-ring (bicyclic) bond motifs is 1. The molecule has 1 saturated carbocycles. The molecule has 1 aliphatic carbocycles. The molecule has 0 spiro atoms. The Hall–Kier alpha value is -1.31. The van der Waals surface area contributed by atoms with Crippen molar-refractivity contribution in [1.82, 2.24) is 19.5 Å². The molecule has 6 nitrogen and oxygen atoms in total. The predicted octanol–water partition coefficient (Wildman–Crippen LogP) is 1.28. The highest BCUT2D eigenvalue weighted by molar-refractivity contribution is 7.14. The van der Waals surface area contributed by atoms with E-state index in [2.05, 4.69) is 15.0 Å². The summed E-state index contributed by atoms with van der Waals surface area (Å²) in [6, 6.07) is 2.05. The van der Waals surface area contributed by atoms with E-state index in [9.17, 15) is 9.90 Å². The second kappa shape index (κ2) is 6.64. The quantitative estimate of drug-likeness (QED) is 0.901. The van der Waals surface area contributed by atoms with E-state index in [1.54, 1.807) is 11.6 Å². The van der Waals surface area contributed by atoms with Gasteiger partial charge < -0.3 is 5.11 Å². The van der Waals surface area contributed by atoms with Gasteiger partial charge in [0.15, 0.2) is 0 Å². The van der Waals surface area contributed by atoms with Crippen LogP contribution in [0.5, 0.6) is 0 Å². The fraction of sp³-hybridized carbons (Fsp3) is 0.643. The van der Waals surface area contributed by atoms with Crippen LogP contribution >= 0.6 is 11.3 Å². The molecule has 7 heteroatoms. The normalized spacial score (nSPS) is 16.9. The summed E-state index contributed by atoms with van der Waals surface area (Å²) in [5.74, 6) is 0. The number of aliphatic hydroxyl groups excluding tert-OH is 1. The summed E-state index contributed by atoms with van der Waals surface area (Å²) in [7, 11) is 0. The number of hydrogen-bond donors (Lipinski definition) is 1. The van der Waals surface area contributed by atoms with Gasteiger partial charge in [0.2, 0.25) is 4.96 Å². The van der Waals surface area contributed by atoms with Crippen molar-refractivity contribution in [2.24, 2.45) is 0 Å². The van der Waals surface area contributed by atoms with Crippen molar-refractivity contribution in [1.29, 1.82) is 0 Å². The third-order valence-corrected chi connectivity index (χ3v) is 4.76. The number of hydrogen-bond acceptors (Lipinski definition) is 6. The molecule has 0 amide bonds. The smallest absolute Gasteiger partial charge is 0.275 e. The monoisotopic (exact) mass is 308 g/mol. The van der Waals surface area contributed by atoms with E-state index < -0.39 is 0 Å². The summed E-state index contributed by atoms with van der Waals surface area (Å²) in [6.45, 7) is 1.39. The van der Waals surface area contributed by atoms with Gasteiger partial charge in [0, 0.05) is 25.2 Å². The molecular formula is C14H20N4O2S. The molecule has 2 heterocycles. The number of aromatic nitrogens is 3. The average molecular weight is 308 g/mol. The maximum absolute atomic E-state index is 12.0. The van der Waals surface area contributed by atoms with E-state index in [-0.39, 0.29) is 12.2 Å². The van der Waals surface area contributed by atoms with Gasteiger partial charge in [-0.1, -0.05) is 30.6 Å². The second-order valence-corrected chi connectivity index (χ2v) is 6.32. The van der Waals surface area contributed by atoms with E-state index in [0.717, 1.165) is 5.69 Å². The lowest BCUT2D eigenvalue weighted by molar-refractivity contribution is 0.116. The standard InChI is InChI=1S/C14H20N4O2S/c19-7-6-17(12-4-2-1-3-5-12)9-11-8-13(20)18-14(16-11)21-10-15-18/h8,10,12,19H,1-7,9H2. The fourth-order valence-corrected chi connectivity index (χ4v) is 3.70. The zero-order valence-electron chi connectivity index (χ0n) is 11.9. The van der Waals surface area contributed by atoms with Crippen LogP contribution in [0.1, 0.15) is 37.8 Å². The summed E-state index contributed by atoms with van der Waals surface area (Å²) < 4.78 is 1.32. The summed E-state index contributed by atoms with van der Waals surface area (Å²) in [4.78, 5) is 19.4. The molecule has 0 bridgehead atoms. The van der Waals surface area contributed by atoms with E-state index >= 15 is 0 Å². The van der Waals surface area contributed by atoms with Gasteiger partial charge in [-0.25, -0.2) is 4.98 Å². The first kappa shape index (κ1) is 14.6. The van der Waals surface area contributed by atoms with Gasteiger partial charge >= 0.3 is 0 Å².